The molecule has 4 heterocycles. The molecule has 0 spiro atoms. The first-order chi connectivity index (χ1) is 23.1. The highest BCUT2D eigenvalue weighted by molar-refractivity contribution is 7.91. The number of nitrogens with zero attached hydrogens (tertiary/aromatic N) is 3. The molecule has 0 saturated carbocycles. The molecular weight excluding hydrogens is 698 g/mol. The molecule has 2 atom stereocenters. The first kappa shape index (κ1) is 37.8. The number of anilines is 1. The third-order valence-corrected chi connectivity index (χ3v) is 13.5. The van der Waals surface area contributed by atoms with Crippen LogP contribution in [0.2, 0.25) is 0 Å². The van der Waals surface area contributed by atoms with Crippen molar-refractivity contribution >= 4 is 15.5 Å². The van der Waals surface area contributed by atoms with E-state index in [1.165, 1.54) is 49.3 Å². The molecule has 0 radical (unpaired) electrons. The number of halogens is 1. The molecule has 3 saturated heterocycles. The van der Waals surface area contributed by atoms with Gasteiger partial charge in [-0.25, -0.2) is 8.42 Å². The summed E-state index contributed by atoms with van der Waals surface area (Å²) in [7, 11) is 0.290. The van der Waals surface area contributed by atoms with Crippen LogP contribution < -0.4 is 26.6 Å². The van der Waals surface area contributed by atoms with Crippen molar-refractivity contribution in [2.75, 3.05) is 64.0 Å². The van der Waals surface area contributed by atoms with Gasteiger partial charge in [-0.3, -0.25) is 4.90 Å². The zero-order chi connectivity index (χ0) is 33.9. The van der Waals surface area contributed by atoms with Crippen molar-refractivity contribution in [3.8, 4) is 5.75 Å². The number of benzene rings is 3. The summed E-state index contributed by atoms with van der Waals surface area (Å²) in [6.45, 7) is 13.3. The van der Waals surface area contributed by atoms with Crippen LogP contribution in [0.5, 0.6) is 5.75 Å². The van der Waals surface area contributed by atoms with Crippen LogP contribution in [-0.2, 0) is 23.0 Å². The van der Waals surface area contributed by atoms with Gasteiger partial charge in [0.15, 0.2) is 9.84 Å². The monoisotopic (exact) mass is 753 g/mol. The van der Waals surface area contributed by atoms with Gasteiger partial charge in [-0.15, -0.1) is 0 Å². The van der Waals surface area contributed by atoms with Crippen LogP contribution in [0.3, 0.4) is 0 Å². The number of aliphatic hydroxyl groups excluding tert-OH is 1. The van der Waals surface area contributed by atoms with Crippen molar-refractivity contribution < 1.29 is 39.7 Å². The van der Waals surface area contributed by atoms with E-state index in [0.29, 0.717) is 29.9 Å². The zero-order valence-electron chi connectivity index (χ0n) is 29.9. The molecule has 3 aromatic rings. The van der Waals surface area contributed by atoms with Crippen LogP contribution >= 0.6 is 0 Å². The maximum Gasteiger partial charge on any atom is 0.179 e. The number of unbranched alkanes of at least 4 members (excludes halogenated alkanes) is 2. The molecule has 0 unspecified atom stereocenters. The van der Waals surface area contributed by atoms with Crippen molar-refractivity contribution in [2.24, 2.45) is 5.41 Å². The second-order valence-electron chi connectivity index (χ2n) is 15.1. The first-order valence-electron chi connectivity index (χ1n) is 18.2. The van der Waals surface area contributed by atoms with E-state index in [1.54, 1.807) is 6.07 Å². The highest BCUT2D eigenvalue weighted by Gasteiger charge is 2.49. The van der Waals surface area contributed by atoms with Crippen molar-refractivity contribution in [1.29, 1.82) is 0 Å². The van der Waals surface area contributed by atoms with Crippen LogP contribution in [0, 0.1) is 5.41 Å². The molecular formula is C40H56BrN3O4S. The van der Waals surface area contributed by atoms with E-state index >= 15 is 0 Å². The van der Waals surface area contributed by atoms with Crippen LogP contribution in [0.1, 0.15) is 80.5 Å². The summed E-state index contributed by atoms with van der Waals surface area (Å²) in [4.78, 5) is 4.93. The smallest absolute Gasteiger partial charge is 0.179 e. The molecule has 3 aromatic carbocycles. The van der Waals surface area contributed by atoms with E-state index in [-0.39, 0.29) is 22.7 Å². The molecule has 7 nitrogen and oxygen atoms in total. The van der Waals surface area contributed by atoms with Crippen molar-refractivity contribution in [3.63, 3.8) is 0 Å². The minimum Gasteiger partial charge on any atom is -1.00 e. The van der Waals surface area contributed by atoms with E-state index in [4.69, 9.17) is 4.74 Å². The third kappa shape index (κ3) is 8.22. The minimum atomic E-state index is -3.63. The Labute approximate surface area is 305 Å². The Morgan fingerprint density at radius 2 is 1.47 bits per heavy atom. The lowest BCUT2D eigenvalue weighted by Gasteiger charge is -2.50. The van der Waals surface area contributed by atoms with Gasteiger partial charge in [0.05, 0.1) is 36.4 Å². The van der Waals surface area contributed by atoms with Gasteiger partial charge >= 0.3 is 0 Å². The summed E-state index contributed by atoms with van der Waals surface area (Å²) in [6, 6.07) is 22.5. The average molecular weight is 755 g/mol. The van der Waals surface area contributed by atoms with Gasteiger partial charge < -0.3 is 36.2 Å². The van der Waals surface area contributed by atoms with Crippen molar-refractivity contribution in [1.82, 2.24) is 4.90 Å². The van der Waals surface area contributed by atoms with Crippen molar-refractivity contribution in [2.45, 2.75) is 82.4 Å². The van der Waals surface area contributed by atoms with Crippen LogP contribution in [0.4, 0.5) is 5.69 Å². The third-order valence-electron chi connectivity index (χ3n) is 11.5. The summed E-state index contributed by atoms with van der Waals surface area (Å²) >= 11 is 0. The minimum absolute atomic E-state index is 0. The molecule has 1 N–H and O–H groups in total. The summed E-state index contributed by atoms with van der Waals surface area (Å²) in [5.74, 6) is 0.264. The quantitative estimate of drug-likeness (QED) is 0.269. The largest absolute Gasteiger partial charge is 1.00 e. The lowest BCUT2D eigenvalue weighted by atomic mass is 9.68. The lowest BCUT2D eigenvalue weighted by Crippen LogP contribution is -3.00. The van der Waals surface area contributed by atoms with Crippen LogP contribution in [-0.4, -0.2) is 88.1 Å². The number of piperazine rings is 3. The number of rotatable bonds is 13. The summed E-state index contributed by atoms with van der Waals surface area (Å²) in [5.41, 5.74) is 4.34. The summed E-state index contributed by atoms with van der Waals surface area (Å²) in [6.07, 6.45) is 4.21. The molecule has 0 aliphatic carbocycles. The first-order valence-corrected chi connectivity index (χ1v) is 19.8. The van der Waals surface area contributed by atoms with E-state index in [2.05, 4.69) is 43.0 Å². The number of hydrogen-bond acceptors (Lipinski definition) is 6. The zero-order valence-corrected chi connectivity index (χ0v) is 32.3. The van der Waals surface area contributed by atoms with E-state index < -0.39 is 27.3 Å². The number of quaternary nitrogens is 1. The molecule has 49 heavy (non-hydrogen) atoms. The predicted molar refractivity (Wildman–Crippen MR) is 194 cm³/mol. The second-order valence-corrected chi connectivity index (χ2v) is 17.0. The Hall–Kier alpha value is -2.43. The Bertz CT molecular complexity index is 1620. The maximum atomic E-state index is 14.1. The van der Waals surface area contributed by atoms with Gasteiger partial charge in [0.1, 0.15) is 18.9 Å². The number of aliphatic hydroxyl groups is 1. The Morgan fingerprint density at radius 3 is 2.04 bits per heavy atom. The standard InChI is InChI=1S/C40H56N3O4S.BrH/c1-5-7-19-40(20-8-6-2)30-48(45,46)37-18-15-34(41(3)4)27-36(37)38(39(40)44)33-13-16-35(17-14-33)47-29-32-11-9-31(10-12-32)28-43-24-21-42(22-25-43)23-26-43;/h9-18,27,38-39,44H,5-8,19-26,28-30H2,1-4H3;1H/q+1;/p-1/t38-,39-;/m1./s1. The van der Waals surface area contributed by atoms with Gasteiger partial charge in [0.2, 0.25) is 0 Å². The van der Waals surface area contributed by atoms with E-state index in [0.717, 1.165) is 54.8 Å². The lowest BCUT2D eigenvalue weighted by molar-refractivity contribution is -0.953. The molecule has 7 rings (SSSR count). The normalized spacial score (nSPS) is 25.1. The van der Waals surface area contributed by atoms with Crippen molar-refractivity contribution in [3.05, 3.63) is 89.0 Å². The fourth-order valence-corrected chi connectivity index (χ4v) is 10.6. The number of fused-ring (bicyclic) bond motifs is 4. The topological polar surface area (TPSA) is 70.1 Å². The molecule has 4 aliphatic rings. The molecule has 4 aliphatic heterocycles. The van der Waals surface area contributed by atoms with Gasteiger partial charge in [-0.1, -0.05) is 75.9 Å². The van der Waals surface area contributed by atoms with Gasteiger partial charge in [0.25, 0.3) is 0 Å². The predicted octanol–water partition coefficient (Wildman–Crippen LogP) is 3.63. The number of hydrogen-bond donors (Lipinski definition) is 1. The highest BCUT2D eigenvalue weighted by atomic mass is 79.9. The average Bonchev–Trinajstić information content (AvgIpc) is 3.17. The summed E-state index contributed by atoms with van der Waals surface area (Å²) in [5, 5.41) is 12.4. The molecule has 268 valence electrons. The number of sulfone groups is 1. The van der Waals surface area contributed by atoms with Gasteiger partial charge in [-0.2, -0.15) is 0 Å². The van der Waals surface area contributed by atoms with Gasteiger partial charge in [0, 0.05) is 56.3 Å². The SMILES string of the molecule is CCCCC1(CCCC)CS(=O)(=O)c2ccc(N(C)C)cc2[C@@H](c2ccc(OCc3ccc(C[N+]45CCN(CC4)CC5)cc3)cc2)[C@H]1O.[Br-]. The molecule has 0 aromatic heterocycles. The summed E-state index contributed by atoms with van der Waals surface area (Å²) < 4.78 is 35.7. The fraction of sp³-hybridized carbons (Fsp3) is 0.550. The van der Waals surface area contributed by atoms with E-state index in [9.17, 15) is 13.5 Å². The molecule has 2 bridgehead atoms. The Kier molecular flexibility index (Phi) is 12.2. The van der Waals surface area contributed by atoms with Crippen LogP contribution in [0.15, 0.2) is 71.6 Å². The Morgan fingerprint density at radius 1 is 0.878 bits per heavy atom. The fourth-order valence-electron chi connectivity index (χ4n) is 8.43. The second kappa shape index (κ2) is 15.9. The molecule has 0 amide bonds. The molecule has 9 heteroatoms. The van der Waals surface area contributed by atoms with E-state index in [1.807, 2.05) is 55.4 Å². The highest BCUT2D eigenvalue weighted by Crippen LogP contribution is 2.50. The van der Waals surface area contributed by atoms with Crippen LogP contribution in [0.25, 0.3) is 0 Å². The maximum absolute atomic E-state index is 14.1. The molecule has 3 fully saturated rings. The Balaban J connectivity index is 0.00000468. The van der Waals surface area contributed by atoms with Gasteiger partial charge in [-0.05, 0) is 59.9 Å². The number of ether oxygens (including phenoxy) is 1.